The van der Waals surface area contributed by atoms with E-state index >= 15 is 0 Å². The van der Waals surface area contributed by atoms with Crippen molar-refractivity contribution in [3.8, 4) is 0 Å². The van der Waals surface area contributed by atoms with Gasteiger partial charge in [0.05, 0.1) is 12.0 Å². The molecule has 7 heteroatoms. The maximum atomic E-state index is 12.8. The first-order chi connectivity index (χ1) is 13.1. The highest BCUT2D eigenvalue weighted by atomic mass is 32.2. The van der Waals surface area contributed by atoms with Crippen LogP contribution in [0.4, 0.5) is 0 Å². The highest BCUT2D eigenvalue weighted by Crippen LogP contribution is 2.39. The topological polar surface area (TPSA) is 73.5 Å². The first-order valence-electron chi connectivity index (χ1n) is 9.52. The molecule has 2 fully saturated rings. The van der Waals surface area contributed by atoms with Crippen LogP contribution in [0, 0.1) is 12.8 Å². The molecule has 4 rings (SSSR count). The summed E-state index contributed by atoms with van der Waals surface area (Å²) in [5.41, 5.74) is 3.59. The van der Waals surface area contributed by atoms with Crippen molar-refractivity contribution >= 4 is 29.1 Å². The van der Waals surface area contributed by atoms with Crippen LogP contribution in [0.15, 0.2) is 29.7 Å². The van der Waals surface area contributed by atoms with Crippen LogP contribution in [0.25, 0.3) is 5.57 Å². The van der Waals surface area contributed by atoms with Gasteiger partial charge in [-0.25, -0.2) is 0 Å². The fraction of sp³-hybridized carbons (Fsp3) is 0.500. The van der Waals surface area contributed by atoms with Gasteiger partial charge in [0.15, 0.2) is 0 Å². The summed E-state index contributed by atoms with van der Waals surface area (Å²) in [5, 5.41) is 11.5. The van der Waals surface area contributed by atoms with Crippen LogP contribution in [-0.4, -0.2) is 54.4 Å². The van der Waals surface area contributed by atoms with Crippen molar-refractivity contribution in [1.82, 2.24) is 20.9 Å². The van der Waals surface area contributed by atoms with E-state index in [1.807, 2.05) is 12.1 Å². The Morgan fingerprint density at radius 3 is 2.93 bits per heavy atom. The molecule has 0 saturated carbocycles. The van der Waals surface area contributed by atoms with E-state index in [1.165, 1.54) is 16.7 Å². The Bertz CT molecular complexity index is 781. The van der Waals surface area contributed by atoms with Crippen molar-refractivity contribution in [1.29, 1.82) is 0 Å². The zero-order valence-electron chi connectivity index (χ0n) is 15.7. The minimum Gasteiger partial charge on any atom is -0.359 e. The molecule has 144 valence electrons. The lowest BCUT2D eigenvalue weighted by atomic mass is 9.92. The lowest BCUT2D eigenvalue weighted by Gasteiger charge is -2.43. The van der Waals surface area contributed by atoms with Crippen molar-refractivity contribution in [3.05, 3.63) is 40.8 Å². The maximum absolute atomic E-state index is 12.8. The van der Waals surface area contributed by atoms with E-state index in [2.05, 4.69) is 45.3 Å². The number of fused-ring (bicyclic) bond motifs is 1. The Balaban J connectivity index is 1.53. The van der Waals surface area contributed by atoms with Crippen LogP contribution in [0.1, 0.15) is 24.0 Å². The second-order valence-electron chi connectivity index (χ2n) is 7.45. The van der Waals surface area contributed by atoms with Crippen molar-refractivity contribution in [2.24, 2.45) is 5.92 Å². The molecule has 3 aliphatic heterocycles. The van der Waals surface area contributed by atoms with E-state index < -0.39 is 0 Å². The van der Waals surface area contributed by atoms with Gasteiger partial charge >= 0.3 is 0 Å². The molecule has 2 saturated heterocycles. The molecule has 1 aromatic rings. The van der Waals surface area contributed by atoms with Crippen LogP contribution in [0.3, 0.4) is 0 Å². The third-order valence-electron chi connectivity index (χ3n) is 5.75. The molecule has 4 atom stereocenters. The SMILES string of the molecule is CNC(=O)C1CCCN(C2NC(=O)C3SC=C(c4ccccc4C)C3N2)C1. The molecule has 6 nitrogen and oxygen atoms in total. The van der Waals surface area contributed by atoms with Gasteiger partial charge in [-0.3, -0.25) is 19.8 Å². The van der Waals surface area contributed by atoms with E-state index in [-0.39, 0.29) is 35.3 Å². The van der Waals surface area contributed by atoms with Crippen LogP contribution >= 0.6 is 11.8 Å². The van der Waals surface area contributed by atoms with Gasteiger partial charge in [0.25, 0.3) is 0 Å². The number of carbonyl (C=O) groups excluding carboxylic acids is 2. The molecule has 27 heavy (non-hydrogen) atoms. The Kier molecular flexibility index (Phi) is 5.25. The zero-order valence-corrected chi connectivity index (χ0v) is 16.5. The Labute approximate surface area is 164 Å². The largest absolute Gasteiger partial charge is 0.359 e. The Morgan fingerprint density at radius 2 is 2.15 bits per heavy atom. The van der Waals surface area contributed by atoms with Crippen LogP contribution in [0.5, 0.6) is 0 Å². The molecule has 0 radical (unpaired) electrons. The fourth-order valence-corrected chi connectivity index (χ4v) is 5.40. The minimum atomic E-state index is -0.239. The van der Waals surface area contributed by atoms with Gasteiger partial charge in [-0.15, -0.1) is 11.8 Å². The minimum absolute atomic E-state index is 0.0183. The average molecular weight is 387 g/mol. The van der Waals surface area contributed by atoms with E-state index in [4.69, 9.17) is 0 Å². The third-order valence-corrected chi connectivity index (χ3v) is 6.91. The Morgan fingerprint density at radius 1 is 1.33 bits per heavy atom. The van der Waals surface area contributed by atoms with Crippen molar-refractivity contribution in [2.45, 2.75) is 37.3 Å². The highest BCUT2D eigenvalue weighted by molar-refractivity contribution is 8.04. The predicted octanol–water partition coefficient (Wildman–Crippen LogP) is 1.28. The number of rotatable bonds is 3. The van der Waals surface area contributed by atoms with Gasteiger partial charge in [-0.1, -0.05) is 24.3 Å². The fourth-order valence-electron chi connectivity index (χ4n) is 4.26. The third kappa shape index (κ3) is 3.51. The lowest BCUT2D eigenvalue weighted by Crippen LogP contribution is -2.69. The maximum Gasteiger partial charge on any atom is 0.237 e. The molecule has 0 aromatic heterocycles. The average Bonchev–Trinajstić information content (AvgIpc) is 3.12. The molecular weight excluding hydrogens is 360 g/mol. The lowest BCUT2D eigenvalue weighted by molar-refractivity contribution is -0.128. The number of hydrogen-bond acceptors (Lipinski definition) is 5. The number of likely N-dealkylation sites (tertiary alicyclic amines) is 1. The molecule has 0 aliphatic carbocycles. The second-order valence-corrected chi connectivity index (χ2v) is 8.46. The number of thioether (sulfide) groups is 1. The zero-order chi connectivity index (χ0) is 19.0. The number of aryl methyl sites for hydroxylation is 1. The van der Waals surface area contributed by atoms with Crippen molar-refractivity contribution in [2.75, 3.05) is 20.1 Å². The molecule has 0 spiro atoms. The van der Waals surface area contributed by atoms with Crippen LogP contribution < -0.4 is 16.0 Å². The van der Waals surface area contributed by atoms with Crippen molar-refractivity contribution in [3.63, 3.8) is 0 Å². The van der Waals surface area contributed by atoms with Gasteiger partial charge < -0.3 is 10.6 Å². The number of nitrogens with one attached hydrogen (secondary N) is 3. The number of carbonyl (C=O) groups is 2. The van der Waals surface area contributed by atoms with E-state index in [9.17, 15) is 9.59 Å². The van der Waals surface area contributed by atoms with Gasteiger partial charge in [-0.2, -0.15) is 0 Å². The monoisotopic (exact) mass is 386 g/mol. The molecule has 3 N–H and O–H groups in total. The van der Waals surface area contributed by atoms with E-state index in [0.717, 1.165) is 19.4 Å². The number of hydrogen-bond donors (Lipinski definition) is 3. The van der Waals surface area contributed by atoms with Crippen LogP contribution in [-0.2, 0) is 9.59 Å². The second kappa shape index (κ2) is 7.66. The van der Waals surface area contributed by atoms with Crippen LogP contribution in [0.2, 0.25) is 0 Å². The first kappa shape index (κ1) is 18.5. The smallest absolute Gasteiger partial charge is 0.237 e. The summed E-state index contributed by atoms with van der Waals surface area (Å²) < 4.78 is 0. The number of amides is 2. The molecule has 3 heterocycles. The summed E-state index contributed by atoms with van der Waals surface area (Å²) in [6, 6.07) is 8.29. The molecule has 3 aliphatic rings. The predicted molar refractivity (Wildman–Crippen MR) is 108 cm³/mol. The number of nitrogens with zero attached hydrogens (tertiary/aromatic N) is 1. The van der Waals surface area contributed by atoms with Gasteiger partial charge in [0.2, 0.25) is 11.8 Å². The van der Waals surface area contributed by atoms with E-state index in [0.29, 0.717) is 6.54 Å². The summed E-state index contributed by atoms with van der Waals surface area (Å²) in [7, 11) is 1.68. The molecule has 2 amide bonds. The summed E-state index contributed by atoms with van der Waals surface area (Å²) >= 11 is 1.58. The van der Waals surface area contributed by atoms with Gasteiger partial charge in [0, 0.05) is 20.1 Å². The Hall–Kier alpha value is -1.83. The molecule has 1 aromatic carbocycles. The molecule has 4 unspecified atom stereocenters. The standard InChI is InChI=1S/C20H26N4O2S/c1-12-6-3-4-8-14(12)15-11-27-17-16(15)22-20(23-19(17)26)24-9-5-7-13(10-24)18(25)21-2/h3-4,6,8,11,13,16-17,20,22H,5,7,9-10H2,1-2H3,(H,21,25)(H,23,26). The summed E-state index contributed by atoms with van der Waals surface area (Å²) in [5.74, 6) is 0.122. The molecular formula is C20H26N4O2S. The number of benzene rings is 1. The highest BCUT2D eigenvalue weighted by Gasteiger charge is 2.44. The summed E-state index contributed by atoms with van der Waals surface area (Å²) in [4.78, 5) is 27.0. The van der Waals surface area contributed by atoms with E-state index in [1.54, 1.807) is 18.8 Å². The summed E-state index contributed by atoms with van der Waals surface area (Å²) in [6.45, 7) is 3.64. The first-order valence-corrected chi connectivity index (χ1v) is 10.5. The normalized spacial score (nSPS) is 31.0. The quantitative estimate of drug-likeness (QED) is 0.730. The molecule has 0 bridgehead atoms. The van der Waals surface area contributed by atoms with Gasteiger partial charge in [-0.05, 0) is 41.9 Å². The van der Waals surface area contributed by atoms with Crippen molar-refractivity contribution < 1.29 is 9.59 Å². The number of piperidine rings is 1. The summed E-state index contributed by atoms with van der Waals surface area (Å²) in [6.07, 6.45) is 1.61. The van der Waals surface area contributed by atoms with Gasteiger partial charge in [0.1, 0.15) is 11.5 Å².